The minimum absolute atomic E-state index is 0.191. The van der Waals surface area contributed by atoms with Gasteiger partial charge in [-0.05, 0) is 30.2 Å². The van der Waals surface area contributed by atoms with Crippen molar-refractivity contribution in [3.8, 4) is 0 Å². The molecule has 1 N–H and O–H groups in total. The lowest BCUT2D eigenvalue weighted by Crippen LogP contribution is -2.30. The minimum atomic E-state index is -0.370. The van der Waals surface area contributed by atoms with Crippen LogP contribution in [0.15, 0.2) is 84.8 Å². The molecule has 1 amide bonds. The van der Waals surface area contributed by atoms with E-state index in [0.717, 1.165) is 22.4 Å². The molecule has 1 atom stereocenters. The fraction of sp³-hybridized carbons (Fsp3) is 0.130. The maximum absolute atomic E-state index is 12.9. The first-order valence-corrected chi connectivity index (χ1v) is 8.91. The van der Waals surface area contributed by atoms with E-state index in [2.05, 4.69) is 4.98 Å². The molecular weight excluding hydrogens is 336 g/mol. The number of rotatable bonds is 4. The van der Waals surface area contributed by atoms with Gasteiger partial charge in [0.2, 0.25) is 0 Å². The maximum atomic E-state index is 12.9. The van der Waals surface area contributed by atoms with Crippen LogP contribution >= 0.6 is 0 Å². The molecule has 0 saturated carbocycles. The summed E-state index contributed by atoms with van der Waals surface area (Å²) < 4.78 is 0. The van der Waals surface area contributed by atoms with Gasteiger partial charge in [0.25, 0.3) is 5.91 Å². The highest BCUT2D eigenvalue weighted by molar-refractivity contribution is 6.05. The van der Waals surface area contributed by atoms with Gasteiger partial charge in [-0.25, -0.2) is 0 Å². The molecule has 4 nitrogen and oxygen atoms in total. The third kappa shape index (κ3) is 3.22. The predicted octanol–water partition coefficient (Wildman–Crippen LogP) is 4.44. The fourth-order valence-electron chi connectivity index (χ4n) is 3.49. The Hall–Kier alpha value is -3.40. The Balaban J connectivity index is 1.81. The van der Waals surface area contributed by atoms with E-state index in [0.29, 0.717) is 12.1 Å². The monoisotopic (exact) mass is 356 g/mol. The molecule has 0 fully saturated rings. The average molecular weight is 356 g/mol. The molecule has 0 aliphatic carbocycles. The summed E-state index contributed by atoms with van der Waals surface area (Å²) in [5, 5.41) is 10.7. The summed E-state index contributed by atoms with van der Waals surface area (Å²) in [4.78, 5) is 19.0. The van der Waals surface area contributed by atoms with Crippen LogP contribution in [-0.2, 0) is 11.3 Å². The smallest absolute Gasteiger partial charge is 0.290 e. The summed E-state index contributed by atoms with van der Waals surface area (Å²) in [6.07, 6.45) is 1.71. The Morgan fingerprint density at radius 3 is 2.33 bits per heavy atom. The number of aryl methyl sites for hydroxylation is 1. The molecule has 3 aromatic rings. The molecule has 4 heteroatoms. The lowest BCUT2D eigenvalue weighted by atomic mass is 9.93. The lowest BCUT2D eigenvalue weighted by Gasteiger charge is -2.27. The van der Waals surface area contributed by atoms with Gasteiger partial charge >= 0.3 is 0 Å². The minimum Gasteiger partial charge on any atom is -0.503 e. The molecule has 1 aliphatic rings. The first kappa shape index (κ1) is 17.0. The average Bonchev–Trinajstić information content (AvgIpc) is 2.95. The summed E-state index contributed by atoms with van der Waals surface area (Å²) >= 11 is 0. The van der Waals surface area contributed by atoms with Crippen LogP contribution in [0.25, 0.3) is 5.57 Å². The van der Waals surface area contributed by atoms with E-state index in [1.165, 1.54) is 0 Å². The Kier molecular flexibility index (Phi) is 4.47. The number of benzene rings is 2. The van der Waals surface area contributed by atoms with Crippen molar-refractivity contribution in [2.24, 2.45) is 0 Å². The molecule has 2 aromatic carbocycles. The molecule has 0 unspecified atom stereocenters. The second-order valence-corrected chi connectivity index (χ2v) is 6.70. The van der Waals surface area contributed by atoms with Crippen molar-refractivity contribution in [3.63, 3.8) is 0 Å². The Morgan fingerprint density at radius 1 is 0.963 bits per heavy atom. The molecule has 1 aliphatic heterocycles. The summed E-state index contributed by atoms with van der Waals surface area (Å²) in [5.41, 5.74) is 4.36. The number of carbonyl (C=O) groups is 1. The van der Waals surface area contributed by atoms with Crippen LogP contribution in [0.4, 0.5) is 0 Å². The number of aliphatic hydroxyl groups is 1. The molecule has 0 bridgehead atoms. The molecule has 134 valence electrons. The molecule has 2 heterocycles. The van der Waals surface area contributed by atoms with Crippen LogP contribution in [0, 0.1) is 6.92 Å². The van der Waals surface area contributed by atoms with Crippen molar-refractivity contribution in [2.75, 3.05) is 0 Å². The first-order valence-electron chi connectivity index (χ1n) is 8.91. The molecule has 0 spiro atoms. The van der Waals surface area contributed by atoms with Gasteiger partial charge in [0.05, 0.1) is 18.3 Å². The van der Waals surface area contributed by atoms with Crippen LogP contribution in [0.2, 0.25) is 0 Å². The lowest BCUT2D eigenvalue weighted by molar-refractivity contribution is -0.130. The number of hydrogen-bond donors (Lipinski definition) is 1. The fourth-order valence-corrected chi connectivity index (χ4v) is 3.49. The van der Waals surface area contributed by atoms with E-state index in [4.69, 9.17) is 0 Å². The molecule has 27 heavy (non-hydrogen) atoms. The van der Waals surface area contributed by atoms with Gasteiger partial charge in [0.1, 0.15) is 0 Å². The number of hydrogen-bond acceptors (Lipinski definition) is 3. The molecule has 0 saturated heterocycles. The quantitative estimate of drug-likeness (QED) is 0.752. The van der Waals surface area contributed by atoms with Crippen LogP contribution in [0.1, 0.15) is 28.4 Å². The van der Waals surface area contributed by atoms with Crippen molar-refractivity contribution < 1.29 is 9.90 Å². The van der Waals surface area contributed by atoms with Crippen molar-refractivity contribution in [1.82, 2.24) is 9.88 Å². The van der Waals surface area contributed by atoms with Crippen molar-refractivity contribution >= 4 is 11.5 Å². The topological polar surface area (TPSA) is 53.4 Å². The van der Waals surface area contributed by atoms with Gasteiger partial charge in [0, 0.05) is 11.8 Å². The molecule has 0 radical (unpaired) electrons. The van der Waals surface area contributed by atoms with Gasteiger partial charge in [-0.1, -0.05) is 66.2 Å². The van der Waals surface area contributed by atoms with Crippen molar-refractivity contribution in [2.45, 2.75) is 19.5 Å². The van der Waals surface area contributed by atoms with Crippen LogP contribution in [0.3, 0.4) is 0 Å². The van der Waals surface area contributed by atoms with Gasteiger partial charge in [-0.15, -0.1) is 0 Å². The van der Waals surface area contributed by atoms with E-state index in [-0.39, 0.29) is 17.7 Å². The summed E-state index contributed by atoms with van der Waals surface area (Å²) in [5.74, 6) is -0.561. The maximum Gasteiger partial charge on any atom is 0.290 e. The van der Waals surface area contributed by atoms with Crippen molar-refractivity contribution in [1.29, 1.82) is 0 Å². The summed E-state index contributed by atoms with van der Waals surface area (Å²) in [6.45, 7) is 2.35. The number of nitrogens with zero attached hydrogens (tertiary/aromatic N) is 2. The number of pyridine rings is 1. The van der Waals surface area contributed by atoms with E-state index < -0.39 is 0 Å². The molecular formula is C23H20N2O2. The Morgan fingerprint density at radius 2 is 1.67 bits per heavy atom. The van der Waals surface area contributed by atoms with Crippen LogP contribution in [0.5, 0.6) is 0 Å². The highest BCUT2D eigenvalue weighted by Crippen LogP contribution is 2.43. The number of amides is 1. The van der Waals surface area contributed by atoms with E-state index >= 15 is 0 Å². The van der Waals surface area contributed by atoms with Gasteiger partial charge in [0.15, 0.2) is 5.76 Å². The van der Waals surface area contributed by atoms with E-state index in [1.807, 2.05) is 79.7 Å². The summed E-state index contributed by atoms with van der Waals surface area (Å²) in [7, 11) is 0. The zero-order valence-electron chi connectivity index (χ0n) is 15.0. The molecule has 1 aromatic heterocycles. The third-order valence-electron chi connectivity index (χ3n) is 4.84. The van der Waals surface area contributed by atoms with Gasteiger partial charge < -0.3 is 10.0 Å². The number of carbonyl (C=O) groups excluding carboxylic acids is 1. The first-order chi connectivity index (χ1) is 13.1. The SMILES string of the molecule is Cc1ccc(C2=C(O)C(=O)N(Cc3ccccn3)[C@H]2c2ccccc2)cc1. The largest absolute Gasteiger partial charge is 0.503 e. The molecule has 4 rings (SSSR count). The van der Waals surface area contributed by atoms with E-state index in [9.17, 15) is 9.90 Å². The predicted molar refractivity (Wildman–Crippen MR) is 105 cm³/mol. The summed E-state index contributed by atoms with van der Waals surface area (Å²) in [6, 6.07) is 23.0. The number of aliphatic hydroxyl groups excluding tert-OH is 1. The normalized spacial score (nSPS) is 16.9. The van der Waals surface area contributed by atoms with Gasteiger partial charge in [-0.3, -0.25) is 9.78 Å². The van der Waals surface area contributed by atoms with Crippen LogP contribution in [-0.4, -0.2) is 20.9 Å². The third-order valence-corrected chi connectivity index (χ3v) is 4.84. The van der Waals surface area contributed by atoms with E-state index in [1.54, 1.807) is 11.1 Å². The highest BCUT2D eigenvalue weighted by atomic mass is 16.3. The number of aromatic nitrogens is 1. The highest BCUT2D eigenvalue weighted by Gasteiger charge is 2.41. The van der Waals surface area contributed by atoms with Gasteiger partial charge in [-0.2, -0.15) is 0 Å². The van der Waals surface area contributed by atoms with Crippen LogP contribution < -0.4 is 0 Å². The second-order valence-electron chi connectivity index (χ2n) is 6.70. The second kappa shape index (κ2) is 7.08. The Labute approximate surface area is 158 Å². The Bertz CT molecular complexity index is 980. The zero-order valence-corrected chi connectivity index (χ0v) is 15.0. The van der Waals surface area contributed by atoms with Crippen molar-refractivity contribution in [3.05, 3.63) is 107 Å². The standard InChI is InChI=1S/C23H20N2O2/c1-16-10-12-17(13-11-16)20-21(18-7-3-2-4-8-18)25(23(27)22(20)26)15-19-9-5-6-14-24-19/h2-14,21,26H,15H2,1H3/t21-/m0/s1. The zero-order chi connectivity index (χ0) is 18.8.